The lowest BCUT2D eigenvalue weighted by Gasteiger charge is -2.11. The van der Waals surface area contributed by atoms with Crippen LogP contribution in [-0.2, 0) is 0 Å². The summed E-state index contributed by atoms with van der Waals surface area (Å²) in [6, 6.07) is 33.3. The lowest BCUT2D eigenvalue weighted by atomic mass is 10.0. The number of rotatable bonds is 1. The molecule has 8 rings (SSSR count). The van der Waals surface area contributed by atoms with Gasteiger partial charge in [0.1, 0.15) is 5.75 Å². The zero-order valence-corrected chi connectivity index (χ0v) is 18.7. The third-order valence-electron chi connectivity index (χ3n) is 7.19. The van der Waals surface area contributed by atoms with Gasteiger partial charge in [0, 0.05) is 32.1 Å². The fourth-order valence-corrected chi connectivity index (χ4v) is 5.99. The van der Waals surface area contributed by atoms with Gasteiger partial charge in [-0.15, -0.1) is 0 Å². The van der Waals surface area contributed by atoms with Crippen LogP contribution in [0.3, 0.4) is 0 Å². The molecule has 0 spiro atoms. The molecule has 0 bridgehead atoms. The van der Waals surface area contributed by atoms with Gasteiger partial charge in [0.2, 0.25) is 0 Å². The first-order valence-electron chi connectivity index (χ1n) is 11.3. The lowest BCUT2D eigenvalue weighted by Crippen LogP contribution is -1.96. The highest BCUT2D eigenvalue weighted by Crippen LogP contribution is 2.42. The van der Waals surface area contributed by atoms with Crippen molar-refractivity contribution < 1.29 is 5.11 Å². The van der Waals surface area contributed by atoms with E-state index in [0.29, 0.717) is 5.02 Å². The Balaban J connectivity index is 1.62. The minimum atomic E-state index is 0.227. The van der Waals surface area contributed by atoms with E-state index in [-0.39, 0.29) is 5.75 Å². The van der Waals surface area contributed by atoms with E-state index in [2.05, 4.69) is 87.7 Å². The molecule has 160 valence electrons. The average molecular weight is 457 g/mol. The Labute approximate surface area is 199 Å². The second kappa shape index (κ2) is 6.22. The molecular weight excluding hydrogens is 440 g/mol. The number of hydrogen-bond donors (Lipinski definition) is 1. The molecule has 8 aromatic rings. The zero-order valence-electron chi connectivity index (χ0n) is 18.0. The van der Waals surface area contributed by atoms with Crippen LogP contribution in [0.5, 0.6) is 5.75 Å². The highest BCUT2D eigenvalue weighted by molar-refractivity contribution is 6.31. The highest BCUT2D eigenvalue weighted by Gasteiger charge is 2.20. The summed E-state index contributed by atoms with van der Waals surface area (Å²) in [5, 5.41) is 16.0. The molecule has 0 amide bonds. The molecule has 0 aliphatic heterocycles. The van der Waals surface area contributed by atoms with Crippen molar-refractivity contribution in [1.82, 2.24) is 8.80 Å². The molecule has 0 saturated heterocycles. The molecule has 3 heterocycles. The summed E-state index contributed by atoms with van der Waals surface area (Å²) in [5.74, 6) is 0.227. The minimum absolute atomic E-state index is 0.227. The first-order valence-corrected chi connectivity index (χ1v) is 11.7. The van der Waals surface area contributed by atoms with Crippen molar-refractivity contribution in [3.63, 3.8) is 0 Å². The van der Waals surface area contributed by atoms with Gasteiger partial charge in [-0.2, -0.15) is 0 Å². The standard InChI is InChI=1S/C30H17ClN2O/c31-18-12-14-28(34)22(16-18)17-11-13-25-23(15-17)21-7-4-10-27-30(21)33(25)26-9-3-6-20-19-5-1-2-8-24(19)32(27)29(20)26/h1-16,34H. The Morgan fingerprint density at radius 2 is 1.15 bits per heavy atom. The van der Waals surface area contributed by atoms with Crippen molar-refractivity contribution >= 4 is 66.2 Å². The fraction of sp³-hybridized carbons (Fsp3) is 0. The van der Waals surface area contributed by atoms with Crippen molar-refractivity contribution in [2.75, 3.05) is 0 Å². The van der Waals surface area contributed by atoms with Gasteiger partial charge in [0.15, 0.2) is 0 Å². The number of phenolic OH excluding ortho intramolecular Hbond substituents is 1. The van der Waals surface area contributed by atoms with Crippen molar-refractivity contribution in [2.45, 2.75) is 0 Å². The lowest BCUT2D eigenvalue weighted by molar-refractivity contribution is 0.477. The van der Waals surface area contributed by atoms with Gasteiger partial charge in [-0.1, -0.05) is 60.1 Å². The number of aromatic hydroxyl groups is 1. The topological polar surface area (TPSA) is 29.1 Å². The van der Waals surface area contributed by atoms with Crippen molar-refractivity contribution in [3.8, 4) is 16.9 Å². The first kappa shape index (κ1) is 18.2. The summed E-state index contributed by atoms with van der Waals surface area (Å²) < 4.78 is 4.80. The van der Waals surface area contributed by atoms with E-state index in [0.717, 1.165) is 22.0 Å². The van der Waals surface area contributed by atoms with Crippen LogP contribution in [0.25, 0.3) is 65.8 Å². The van der Waals surface area contributed by atoms with Gasteiger partial charge in [-0.3, -0.25) is 0 Å². The molecule has 4 heteroatoms. The Bertz CT molecular complexity index is 2100. The molecule has 34 heavy (non-hydrogen) atoms. The van der Waals surface area contributed by atoms with Gasteiger partial charge in [0.25, 0.3) is 0 Å². The quantitative estimate of drug-likeness (QED) is 0.247. The molecular formula is C30H17ClN2O. The zero-order chi connectivity index (χ0) is 22.6. The first-order chi connectivity index (χ1) is 16.7. The van der Waals surface area contributed by atoms with Crippen LogP contribution in [0, 0.1) is 0 Å². The largest absolute Gasteiger partial charge is 0.507 e. The van der Waals surface area contributed by atoms with E-state index in [1.165, 1.54) is 43.7 Å². The van der Waals surface area contributed by atoms with Crippen LogP contribution in [0.15, 0.2) is 97.1 Å². The number of hydrogen-bond acceptors (Lipinski definition) is 1. The monoisotopic (exact) mass is 456 g/mol. The third-order valence-corrected chi connectivity index (χ3v) is 7.43. The van der Waals surface area contributed by atoms with Crippen LogP contribution in [0.1, 0.15) is 0 Å². The second-order valence-electron chi connectivity index (χ2n) is 8.93. The average Bonchev–Trinajstić information content (AvgIpc) is 3.39. The fourth-order valence-electron chi connectivity index (χ4n) is 5.82. The van der Waals surface area contributed by atoms with Gasteiger partial charge in [0.05, 0.1) is 33.1 Å². The molecule has 0 atom stereocenters. The van der Waals surface area contributed by atoms with Gasteiger partial charge in [-0.25, -0.2) is 0 Å². The van der Waals surface area contributed by atoms with Crippen molar-refractivity contribution in [3.05, 3.63) is 102 Å². The van der Waals surface area contributed by atoms with Gasteiger partial charge < -0.3 is 13.9 Å². The SMILES string of the molecule is Oc1ccc(Cl)cc1-c1ccc2c(c1)c1cccc3c1n2c1cccc2c4ccccc4n3c21. The number of benzene rings is 5. The molecule has 5 aromatic carbocycles. The number of nitrogens with zero attached hydrogens (tertiary/aromatic N) is 2. The predicted octanol–water partition coefficient (Wildman–Crippen LogP) is 8.27. The molecule has 3 nitrogen and oxygen atoms in total. The maximum Gasteiger partial charge on any atom is 0.123 e. The number of fused-ring (bicyclic) bond motifs is 8. The maximum absolute atomic E-state index is 10.5. The summed E-state index contributed by atoms with van der Waals surface area (Å²) in [6.45, 7) is 0. The summed E-state index contributed by atoms with van der Waals surface area (Å²) in [7, 11) is 0. The number of aromatic nitrogens is 2. The molecule has 0 unspecified atom stereocenters. The van der Waals surface area contributed by atoms with Crippen LogP contribution in [0.4, 0.5) is 0 Å². The van der Waals surface area contributed by atoms with Crippen LogP contribution >= 0.6 is 11.6 Å². The highest BCUT2D eigenvalue weighted by atomic mass is 35.5. The molecule has 0 fully saturated rings. The maximum atomic E-state index is 10.5. The summed E-state index contributed by atoms with van der Waals surface area (Å²) in [4.78, 5) is 0. The summed E-state index contributed by atoms with van der Waals surface area (Å²) >= 11 is 6.25. The Morgan fingerprint density at radius 1 is 0.529 bits per heavy atom. The van der Waals surface area contributed by atoms with E-state index in [1.54, 1.807) is 12.1 Å². The summed E-state index contributed by atoms with van der Waals surface area (Å²) in [5.41, 5.74) is 8.86. The molecule has 1 N–H and O–H groups in total. The van der Waals surface area contributed by atoms with Gasteiger partial charge >= 0.3 is 0 Å². The molecule has 0 radical (unpaired) electrons. The van der Waals surface area contributed by atoms with E-state index >= 15 is 0 Å². The van der Waals surface area contributed by atoms with E-state index in [1.807, 2.05) is 6.07 Å². The van der Waals surface area contributed by atoms with E-state index in [4.69, 9.17) is 11.6 Å². The Kier molecular flexibility index (Phi) is 3.34. The van der Waals surface area contributed by atoms with Gasteiger partial charge in [-0.05, 0) is 54.1 Å². The molecule has 3 aromatic heterocycles. The number of halogens is 1. The number of para-hydroxylation sites is 3. The molecule has 0 aliphatic rings. The van der Waals surface area contributed by atoms with Crippen molar-refractivity contribution in [2.24, 2.45) is 0 Å². The summed E-state index contributed by atoms with van der Waals surface area (Å²) in [6.07, 6.45) is 0. The minimum Gasteiger partial charge on any atom is -0.507 e. The van der Waals surface area contributed by atoms with Crippen molar-refractivity contribution in [1.29, 1.82) is 0 Å². The normalized spacial score (nSPS) is 12.4. The Morgan fingerprint density at radius 3 is 1.91 bits per heavy atom. The van der Waals surface area contributed by atoms with E-state index in [9.17, 15) is 5.11 Å². The third kappa shape index (κ3) is 2.13. The second-order valence-corrected chi connectivity index (χ2v) is 9.36. The molecule has 0 aliphatic carbocycles. The Hall–Kier alpha value is -4.21. The van der Waals surface area contributed by atoms with Crippen LogP contribution in [0.2, 0.25) is 5.02 Å². The predicted molar refractivity (Wildman–Crippen MR) is 142 cm³/mol. The molecule has 0 saturated carbocycles. The smallest absolute Gasteiger partial charge is 0.123 e. The van der Waals surface area contributed by atoms with E-state index < -0.39 is 0 Å². The van der Waals surface area contributed by atoms with Crippen LogP contribution < -0.4 is 0 Å². The number of phenols is 1. The van der Waals surface area contributed by atoms with Crippen LogP contribution in [-0.4, -0.2) is 13.9 Å².